The topological polar surface area (TPSA) is 68.5 Å². The number of methoxy groups -OCH3 is 1. The summed E-state index contributed by atoms with van der Waals surface area (Å²) in [5, 5.41) is 6.30. The normalized spacial score (nSPS) is 14.0. The SMILES string of the molecule is COc1ccccc1Cc1noc(C2CN(C(=O)c3ccc4ccccc4c3)C2)n1. The average Bonchev–Trinajstić information content (AvgIpc) is 3.20. The molecule has 0 spiro atoms. The molecule has 30 heavy (non-hydrogen) atoms. The van der Waals surface area contributed by atoms with Crippen LogP contribution in [0.2, 0.25) is 0 Å². The van der Waals surface area contributed by atoms with Crippen LogP contribution in [0.1, 0.15) is 33.6 Å². The van der Waals surface area contributed by atoms with Gasteiger partial charge in [0.1, 0.15) is 5.75 Å². The molecule has 150 valence electrons. The number of carbonyl (C=O) groups excluding carboxylic acids is 1. The standard InChI is InChI=1S/C24H21N3O3/c1-29-21-9-5-4-8-18(21)13-22-25-23(30-26-22)20-14-27(15-20)24(28)19-11-10-16-6-2-3-7-17(16)12-19/h2-12,20H,13-15H2,1H3. The van der Waals surface area contributed by atoms with Crippen LogP contribution < -0.4 is 4.74 Å². The van der Waals surface area contributed by atoms with E-state index in [4.69, 9.17) is 9.26 Å². The van der Waals surface area contributed by atoms with Crippen LogP contribution >= 0.6 is 0 Å². The van der Waals surface area contributed by atoms with E-state index in [0.29, 0.717) is 36.8 Å². The van der Waals surface area contributed by atoms with Crippen LogP contribution in [0.25, 0.3) is 10.8 Å². The van der Waals surface area contributed by atoms with Crippen LogP contribution in [0.5, 0.6) is 5.75 Å². The van der Waals surface area contributed by atoms with Gasteiger partial charge < -0.3 is 14.2 Å². The Bertz CT molecular complexity index is 1210. The molecule has 0 atom stereocenters. The number of hydrogen-bond donors (Lipinski definition) is 0. The van der Waals surface area contributed by atoms with Crippen molar-refractivity contribution in [3.05, 3.63) is 89.6 Å². The fraction of sp³-hybridized carbons (Fsp3) is 0.208. The van der Waals surface area contributed by atoms with Crippen molar-refractivity contribution in [3.8, 4) is 5.75 Å². The van der Waals surface area contributed by atoms with Crippen molar-refractivity contribution < 1.29 is 14.1 Å². The summed E-state index contributed by atoms with van der Waals surface area (Å²) < 4.78 is 10.8. The molecule has 0 aliphatic carbocycles. The van der Waals surface area contributed by atoms with Gasteiger partial charge in [0.05, 0.1) is 13.0 Å². The van der Waals surface area contributed by atoms with E-state index < -0.39 is 0 Å². The van der Waals surface area contributed by atoms with Gasteiger partial charge in [-0.15, -0.1) is 0 Å². The third kappa shape index (κ3) is 3.41. The van der Waals surface area contributed by atoms with Crippen LogP contribution in [0, 0.1) is 0 Å². The lowest BCUT2D eigenvalue weighted by Gasteiger charge is -2.37. The average molecular weight is 399 g/mol. The zero-order valence-corrected chi connectivity index (χ0v) is 16.6. The van der Waals surface area contributed by atoms with Gasteiger partial charge in [0, 0.05) is 30.6 Å². The van der Waals surface area contributed by atoms with Crippen LogP contribution in [0.15, 0.2) is 71.3 Å². The number of nitrogens with zero attached hydrogens (tertiary/aromatic N) is 3. The van der Waals surface area contributed by atoms with E-state index in [-0.39, 0.29) is 11.8 Å². The summed E-state index contributed by atoms with van der Waals surface area (Å²) in [6, 6.07) is 21.7. The van der Waals surface area contributed by atoms with Crippen molar-refractivity contribution in [1.29, 1.82) is 0 Å². The molecular formula is C24H21N3O3. The number of aromatic nitrogens is 2. The second-order valence-corrected chi connectivity index (χ2v) is 7.51. The highest BCUT2D eigenvalue weighted by atomic mass is 16.5. The predicted octanol–water partition coefficient (Wildman–Crippen LogP) is 4.06. The molecule has 4 aromatic rings. The van der Waals surface area contributed by atoms with Crippen LogP contribution in [-0.4, -0.2) is 41.1 Å². The van der Waals surface area contributed by atoms with Crippen molar-refractivity contribution in [3.63, 3.8) is 0 Å². The van der Waals surface area contributed by atoms with Gasteiger partial charge >= 0.3 is 0 Å². The quantitative estimate of drug-likeness (QED) is 0.506. The van der Waals surface area contributed by atoms with E-state index in [1.165, 1.54) is 0 Å². The van der Waals surface area contributed by atoms with E-state index in [1.54, 1.807) is 7.11 Å². The molecule has 2 heterocycles. The number of fused-ring (bicyclic) bond motifs is 1. The Hall–Kier alpha value is -3.67. The summed E-state index contributed by atoms with van der Waals surface area (Å²) in [5.74, 6) is 2.12. The van der Waals surface area contributed by atoms with Gasteiger partial charge in [-0.25, -0.2) is 0 Å². The van der Waals surface area contributed by atoms with E-state index in [0.717, 1.165) is 22.1 Å². The fourth-order valence-electron chi connectivity index (χ4n) is 3.83. The predicted molar refractivity (Wildman–Crippen MR) is 113 cm³/mol. The minimum Gasteiger partial charge on any atom is -0.496 e. The molecule has 5 rings (SSSR count). The third-order valence-corrected chi connectivity index (χ3v) is 5.54. The van der Waals surface area contributed by atoms with E-state index >= 15 is 0 Å². The molecule has 3 aromatic carbocycles. The maximum absolute atomic E-state index is 12.8. The van der Waals surface area contributed by atoms with Gasteiger partial charge in [0.15, 0.2) is 5.82 Å². The highest BCUT2D eigenvalue weighted by Gasteiger charge is 2.36. The maximum Gasteiger partial charge on any atom is 0.253 e. The lowest BCUT2D eigenvalue weighted by Crippen LogP contribution is -2.48. The first-order valence-corrected chi connectivity index (χ1v) is 9.94. The van der Waals surface area contributed by atoms with Gasteiger partial charge in [-0.3, -0.25) is 4.79 Å². The lowest BCUT2D eigenvalue weighted by molar-refractivity contribution is 0.0569. The van der Waals surface area contributed by atoms with Crippen molar-refractivity contribution in [2.45, 2.75) is 12.3 Å². The minimum atomic E-state index is 0.0331. The number of para-hydroxylation sites is 1. The smallest absolute Gasteiger partial charge is 0.253 e. The monoisotopic (exact) mass is 399 g/mol. The van der Waals surface area contributed by atoms with E-state index in [9.17, 15) is 4.79 Å². The second kappa shape index (κ2) is 7.63. The molecule has 1 aliphatic rings. The molecule has 0 N–H and O–H groups in total. The van der Waals surface area contributed by atoms with E-state index in [2.05, 4.69) is 10.1 Å². The first-order valence-electron chi connectivity index (χ1n) is 9.94. The molecule has 0 bridgehead atoms. The number of amides is 1. The van der Waals surface area contributed by atoms with Gasteiger partial charge in [-0.05, 0) is 29.0 Å². The second-order valence-electron chi connectivity index (χ2n) is 7.51. The molecule has 0 saturated carbocycles. The third-order valence-electron chi connectivity index (χ3n) is 5.54. The van der Waals surface area contributed by atoms with Gasteiger partial charge in [-0.1, -0.05) is 53.7 Å². The summed E-state index contributed by atoms with van der Waals surface area (Å²) in [7, 11) is 1.65. The summed E-state index contributed by atoms with van der Waals surface area (Å²) in [6.45, 7) is 1.17. The number of benzene rings is 3. The Kier molecular flexibility index (Phi) is 4.67. The number of likely N-dealkylation sites (tertiary alicyclic amines) is 1. The summed E-state index contributed by atoms with van der Waals surface area (Å²) in [6.07, 6.45) is 0.542. The molecular weight excluding hydrogens is 378 g/mol. The molecule has 1 fully saturated rings. The highest BCUT2D eigenvalue weighted by Crippen LogP contribution is 2.29. The molecule has 1 saturated heterocycles. The maximum atomic E-state index is 12.8. The molecule has 0 unspecified atom stereocenters. The van der Waals surface area contributed by atoms with Crippen LogP contribution in [-0.2, 0) is 6.42 Å². The highest BCUT2D eigenvalue weighted by molar-refractivity contribution is 5.99. The number of hydrogen-bond acceptors (Lipinski definition) is 5. The van der Waals surface area contributed by atoms with Gasteiger partial charge in [0.2, 0.25) is 5.89 Å². The number of ether oxygens (including phenoxy) is 1. The Morgan fingerprint density at radius 3 is 2.67 bits per heavy atom. The zero-order valence-electron chi connectivity index (χ0n) is 16.6. The van der Waals surface area contributed by atoms with Gasteiger partial charge in [-0.2, -0.15) is 4.98 Å². The van der Waals surface area contributed by atoms with Crippen molar-refractivity contribution in [2.24, 2.45) is 0 Å². The van der Waals surface area contributed by atoms with Gasteiger partial charge in [0.25, 0.3) is 5.91 Å². The number of rotatable bonds is 5. The first-order chi connectivity index (χ1) is 14.7. The minimum absolute atomic E-state index is 0.0331. The molecule has 1 aromatic heterocycles. The first kappa shape index (κ1) is 18.4. The zero-order chi connectivity index (χ0) is 20.5. The van der Waals surface area contributed by atoms with Crippen molar-refractivity contribution in [1.82, 2.24) is 15.0 Å². The molecule has 1 amide bonds. The van der Waals surface area contributed by atoms with Crippen LogP contribution in [0.3, 0.4) is 0 Å². The van der Waals surface area contributed by atoms with Crippen molar-refractivity contribution in [2.75, 3.05) is 20.2 Å². The van der Waals surface area contributed by atoms with E-state index in [1.807, 2.05) is 71.6 Å². The molecule has 0 radical (unpaired) electrons. The molecule has 1 aliphatic heterocycles. The summed E-state index contributed by atoms with van der Waals surface area (Å²) in [4.78, 5) is 19.2. The molecule has 6 nitrogen and oxygen atoms in total. The lowest BCUT2D eigenvalue weighted by atomic mass is 9.98. The van der Waals surface area contributed by atoms with Crippen LogP contribution in [0.4, 0.5) is 0 Å². The summed E-state index contributed by atoms with van der Waals surface area (Å²) >= 11 is 0. The van der Waals surface area contributed by atoms with Crippen molar-refractivity contribution >= 4 is 16.7 Å². The Morgan fingerprint density at radius 1 is 1.07 bits per heavy atom. The fourth-order valence-corrected chi connectivity index (χ4v) is 3.83. The Labute approximate surface area is 174 Å². The number of carbonyl (C=O) groups is 1. The summed E-state index contributed by atoms with van der Waals surface area (Å²) in [5.41, 5.74) is 1.71. The Balaban J connectivity index is 1.24. The molecule has 6 heteroatoms. The largest absolute Gasteiger partial charge is 0.496 e. The Morgan fingerprint density at radius 2 is 1.83 bits per heavy atom.